The molecule has 15 heavy (non-hydrogen) atoms. The Kier molecular flexibility index (Phi) is 2.22. The van der Waals surface area contributed by atoms with Crippen LogP contribution in [0.4, 0.5) is 4.39 Å². The van der Waals surface area contributed by atoms with Gasteiger partial charge in [-0.15, -0.1) is 0 Å². The third-order valence-corrected chi connectivity index (χ3v) is 3.96. The van der Waals surface area contributed by atoms with Crippen molar-refractivity contribution in [2.45, 2.75) is 24.8 Å². The van der Waals surface area contributed by atoms with Crippen LogP contribution in [0.15, 0.2) is 18.2 Å². The molecule has 3 atom stereocenters. The minimum Gasteiger partial charge on any atom is -0.314 e. The Hall–Kier alpha value is -0.600. The van der Waals surface area contributed by atoms with Crippen LogP contribution < -0.4 is 5.32 Å². The summed E-state index contributed by atoms with van der Waals surface area (Å²) in [6.45, 7) is 1.03. The Morgan fingerprint density at radius 2 is 2.20 bits per heavy atom. The fourth-order valence-electron chi connectivity index (χ4n) is 3.01. The van der Waals surface area contributed by atoms with Crippen molar-refractivity contribution in [3.63, 3.8) is 0 Å². The lowest BCUT2D eigenvalue weighted by Gasteiger charge is -2.23. The average molecular weight is 226 g/mol. The summed E-state index contributed by atoms with van der Waals surface area (Å²) in [6, 6.07) is 5.49. The minimum absolute atomic E-state index is 0.100. The van der Waals surface area contributed by atoms with Crippen LogP contribution in [0.1, 0.15) is 24.3 Å². The van der Waals surface area contributed by atoms with E-state index in [1.165, 1.54) is 12.5 Å². The molecule has 1 aliphatic carbocycles. The Morgan fingerprint density at radius 3 is 2.87 bits per heavy atom. The Balaban J connectivity index is 1.96. The summed E-state index contributed by atoms with van der Waals surface area (Å²) in [5.41, 5.74) is 0.816. The van der Waals surface area contributed by atoms with Gasteiger partial charge in [0.05, 0.1) is 0 Å². The van der Waals surface area contributed by atoms with Crippen molar-refractivity contribution in [3.8, 4) is 0 Å². The number of benzene rings is 1. The molecule has 0 unspecified atom stereocenters. The standard InChI is InChI=1S/C12H13ClFN/c13-8-1-2-12(14)11(4-8)10-5-9-3-7(10)6-15-9/h1-2,4,7,9-10,15H,3,5-6H2/t7-,9-,10+/m0/s1. The monoisotopic (exact) mass is 225 g/mol. The predicted octanol–water partition coefficient (Wildman–Crippen LogP) is 2.94. The highest BCUT2D eigenvalue weighted by Gasteiger charge is 2.40. The Bertz CT molecular complexity index is 393. The number of hydrogen-bond donors (Lipinski definition) is 1. The zero-order chi connectivity index (χ0) is 10.4. The number of rotatable bonds is 1. The van der Waals surface area contributed by atoms with E-state index in [4.69, 9.17) is 11.6 Å². The summed E-state index contributed by atoms with van der Waals surface area (Å²) < 4.78 is 13.7. The van der Waals surface area contributed by atoms with Gasteiger partial charge in [0.25, 0.3) is 0 Å². The third kappa shape index (κ3) is 1.56. The van der Waals surface area contributed by atoms with E-state index in [1.54, 1.807) is 12.1 Å². The molecule has 0 radical (unpaired) electrons. The van der Waals surface area contributed by atoms with Crippen molar-refractivity contribution in [1.29, 1.82) is 0 Å². The zero-order valence-corrected chi connectivity index (χ0v) is 9.10. The van der Waals surface area contributed by atoms with E-state index in [-0.39, 0.29) is 5.82 Å². The molecule has 2 bridgehead atoms. The molecular formula is C12H13ClFN. The van der Waals surface area contributed by atoms with Gasteiger partial charge in [-0.2, -0.15) is 0 Å². The normalized spacial score (nSPS) is 33.6. The summed E-state index contributed by atoms with van der Waals surface area (Å²) in [5.74, 6) is 0.870. The first-order valence-electron chi connectivity index (χ1n) is 5.42. The summed E-state index contributed by atoms with van der Waals surface area (Å²) >= 11 is 5.92. The molecular weight excluding hydrogens is 213 g/mol. The molecule has 3 rings (SSSR count). The number of fused-ring (bicyclic) bond motifs is 2. The number of hydrogen-bond acceptors (Lipinski definition) is 1. The van der Waals surface area contributed by atoms with E-state index in [9.17, 15) is 4.39 Å². The smallest absolute Gasteiger partial charge is 0.126 e. The number of piperidine rings is 1. The highest BCUT2D eigenvalue weighted by atomic mass is 35.5. The van der Waals surface area contributed by atoms with Gasteiger partial charge in [-0.05, 0) is 55.0 Å². The second kappa shape index (κ2) is 3.46. The largest absolute Gasteiger partial charge is 0.314 e. The molecule has 0 spiro atoms. The first-order chi connectivity index (χ1) is 7.24. The SMILES string of the molecule is Fc1ccc(Cl)cc1[C@@H]1C[C@@H]2C[C@H]1CN2. The lowest BCUT2D eigenvalue weighted by atomic mass is 9.88. The van der Waals surface area contributed by atoms with Gasteiger partial charge in [0.2, 0.25) is 0 Å². The maximum absolute atomic E-state index is 13.7. The first kappa shape index (κ1) is 9.61. The molecule has 1 aromatic carbocycles. The van der Waals surface area contributed by atoms with Gasteiger partial charge >= 0.3 is 0 Å². The minimum atomic E-state index is -0.100. The summed E-state index contributed by atoms with van der Waals surface area (Å²) in [6.07, 6.45) is 2.25. The second-order valence-electron chi connectivity index (χ2n) is 4.61. The lowest BCUT2D eigenvalue weighted by Crippen LogP contribution is -2.28. The third-order valence-electron chi connectivity index (χ3n) is 3.72. The van der Waals surface area contributed by atoms with Gasteiger partial charge in [0.1, 0.15) is 5.82 Å². The molecule has 0 amide bonds. The van der Waals surface area contributed by atoms with Crippen LogP contribution in [-0.4, -0.2) is 12.6 Å². The van der Waals surface area contributed by atoms with E-state index in [0.717, 1.165) is 18.5 Å². The Morgan fingerprint density at radius 1 is 1.33 bits per heavy atom. The van der Waals surface area contributed by atoms with Crippen molar-refractivity contribution in [3.05, 3.63) is 34.6 Å². The van der Waals surface area contributed by atoms with Gasteiger partial charge < -0.3 is 5.32 Å². The van der Waals surface area contributed by atoms with E-state index in [0.29, 0.717) is 22.9 Å². The van der Waals surface area contributed by atoms with Gasteiger partial charge in [0, 0.05) is 11.1 Å². The average Bonchev–Trinajstić information content (AvgIpc) is 2.83. The highest BCUT2D eigenvalue weighted by molar-refractivity contribution is 6.30. The van der Waals surface area contributed by atoms with E-state index < -0.39 is 0 Å². The van der Waals surface area contributed by atoms with Crippen molar-refractivity contribution in [1.82, 2.24) is 5.32 Å². The van der Waals surface area contributed by atoms with E-state index in [2.05, 4.69) is 5.32 Å². The van der Waals surface area contributed by atoms with Gasteiger partial charge in [-0.25, -0.2) is 4.39 Å². The molecule has 0 aromatic heterocycles. The Labute approximate surface area is 93.6 Å². The lowest BCUT2D eigenvalue weighted by molar-refractivity contribution is 0.426. The van der Waals surface area contributed by atoms with Crippen molar-refractivity contribution < 1.29 is 4.39 Å². The maximum Gasteiger partial charge on any atom is 0.126 e. The maximum atomic E-state index is 13.7. The van der Waals surface area contributed by atoms with E-state index >= 15 is 0 Å². The van der Waals surface area contributed by atoms with Crippen LogP contribution in [0.2, 0.25) is 5.02 Å². The van der Waals surface area contributed by atoms with E-state index in [1.807, 2.05) is 0 Å². The molecule has 2 aliphatic rings. The zero-order valence-electron chi connectivity index (χ0n) is 8.34. The van der Waals surface area contributed by atoms with Crippen molar-refractivity contribution in [2.75, 3.05) is 6.54 Å². The van der Waals surface area contributed by atoms with Crippen LogP contribution in [-0.2, 0) is 0 Å². The first-order valence-corrected chi connectivity index (χ1v) is 5.80. The molecule has 1 heterocycles. The summed E-state index contributed by atoms with van der Waals surface area (Å²) in [5, 5.41) is 4.08. The number of nitrogens with one attached hydrogen (secondary N) is 1. The van der Waals surface area contributed by atoms with Crippen LogP contribution in [0.3, 0.4) is 0 Å². The van der Waals surface area contributed by atoms with Crippen LogP contribution in [0.5, 0.6) is 0 Å². The van der Waals surface area contributed by atoms with Crippen molar-refractivity contribution >= 4 is 11.6 Å². The van der Waals surface area contributed by atoms with Crippen LogP contribution in [0, 0.1) is 11.7 Å². The topological polar surface area (TPSA) is 12.0 Å². The molecule has 1 aromatic rings. The molecule has 1 aliphatic heterocycles. The fraction of sp³-hybridized carbons (Fsp3) is 0.500. The fourth-order valence-corrected chi connectivity index (χ4v) is 3.20. The molecule has 1 nitrogen and oxygen atoms in total. The van der Waals surface area contributed by atoms with Crippen molar-refractivity contribution in [2.24, 2.45) is 5.92 Å². The van der Waals surface area contributed by atoms with Gasteiger partial charge in [-0.1, -0.05) is 11.6 Å². The van der Waals surface area contributed by atoms with Crippen LogP contribution in [0.25, 0.3) is 0 Å². The number of halogens is 2. The molecule has 2 fully saturated rings. The molecule has 1 saturated carbocycles. The summed E-state index contributed by atoms with van der Waals surface area (Å²) in [4.78, 5) is 0. The molecule has 1 N–H and O–H groups in total. The van der Waals surface area contributed by atoms with Crippen LogP contribution >= 0.6 is 11.6 Å². The highest BCUT2D eigenvalue weighted by Crippen LogP contribution is 2.44. The quantitative estimate of drug-likeness (QED) is 0.775. The van der Waals surface area contributed by atoms with Gasteiger partial charge in [-0.3, -0.25) is 0 Å². The van der Waals surface area contributed by atoms with Gasteiger partial charge in [0.15, 0.2) is 0 Å². The summed E-state index contributed by atoms with van der Waals surface area (Å²) in [7, 11) is 0. The second-order valence-corrected chi connectivity index (χ2v) is 5.05. The molecule has 80 valence electrons. The molecule has 3 heteroatoms. The predicted molar refractivity (Wildman–Crippen MR) is 58.7 cm³/mol. The molecule has 1 saturated heterocycles.